The van der Waals surface area contributed by atoms with E-state index < -0.39 is 24.5 Å². The molecular formula is C21H24N2O7S. The number of amides is 2. The Balaban J connectivity index is 2.15. The van der Waals surface area contributed by atoms with Gasteiger partial charge in [0.1, 0.15) is 5.00 Å². The molecule has 0 bridgehead atoms. The largest absolute Gasteiger partial charge is 0.462 e. The van der Waals surface area contributed by atoms with Crippen molar-refractivity contribution in [3.8, 4) is 0 Å². The van der Waals surface area contributed by atoms with Crippen LogP contribution in [0.3, 0.4) is 0 Å². The molecule has 0 aliphatic carbocycles. The SMILES string of the molecule is CCOC(=O)c1c(NC(=O)COC(=O)c2ccc(CO)cc2)sc(C(=O)N(C)C)c1C. The number of carbonyl (C=O) groups excluding carboxylic acids is 4. The molecule has 0 fully saturated rings. The normalized spacial score (nSPS) is 10.4. The maximum Gasteiger partial charge on any atom is 0.341 e. The van der Waals surface area contributed by atoms with Crippen LogP contribution in [0.5, 0.6) is 0 Å². The Morgan fingerprint density at radius 3 is 2.26 bits per heavy atom. The van der Waals surface area contributed by atoms with Crippen LogP contribution < -0.4 is 5.32 Å². The molecule has 2 rings (SSSR count). The molecule has 9 nitrogen and oxygen atoms in total. The zero-order chi connectivity index (χ0) is 23.1. The summed E-state index contributed by atoms with van der Waals surface area (Å²) in [6.07, 6.45) is 0. The van der Waals surface area contributed by atoms with Gasteiger partial charge in [-0.25, -0.2) is 9.59 Å². The lowest BCUT2D eigenvalue weighted by Crippen LogP contribution is -2.22. The summed E-state index contributed by atoms with van der Waals surface area (Å²) >= 11 is 0.952. The standard InChI is InChI=1S/C21H24N2O7S/c1-5-29-21(28)16-12(2)17(19(26)23(3)4)31-18(16)22-15(25)11-30-20(27)14-8-6-13(10-24)7-9-14/h6-9,24H,5,10-11H2,1-4H3,(H,22,25). The highest BCUT2D eigenvalue weighted by molar-refractivity contribution is 7.18. The second-order valence-corrected chi connectivity index (χ2v) is 7.68. The van der Waals surface area contributed by atoms with Crippen molar-refractivity contribution in [1.29, 1.82) is 0 Å². The highest BCUT2D eigenvalue weighted by atomic mass is 32.1. The Kier molecular flexibility index (Phi) is 8.29. The molecule has 0 aliphatic heterocycles. The van der Waals surface area contributed by atoms with Crippen LogP contribution in [0.25, 0.3) is 0 Å². The number of benzene rings is 1. The van der Waals surface area contributed by atoms with Crippen molar-refractivity contribution in [3.05, 3.63) is 51.4 Å². The first-order valence-corrected chi connectivity index (χ1v) is 10.2. The topological polar surface area (TPSA) is 122 Å². The Hall–Kier alpha value is -3.24. The van der Waals surface area contributed by atoms with Crippen LogP contribution in [0.4, 0.5) is 5.00 Å². The fraction of sp³-hybridized carbons (Fsp3) is 0.333. The van der Waals surface area contributed by atoms with Crippen LogP contribution in [-0.4, -0.2) is 61.1 Å². The molecule has 0 atom stereocenters. The smallest absolute Gasteiger partial charge is 0.341 e. The summed E-state index contributed by atoms with van der Waals surface area (Å²) in [4.78, 5) is 50.9. The van der Waals surface area contributed by atoms with Gasteiger partial charge < -0.3 is 24.8 Å². The van der Waals surface area contributed by atoms with Crippen LogP contribution in [0, 0.1) is 6.92 Å². The second kappa shape index (κ2) is 10.7. The summed E-state index contributed by atoms with van der Waals surface area (Å²) in [5.74, 6) is -2.36. The summed E-state index contributed by atoms with van der Waals surface area (Å²) in [6.45, 7) is 2.64. The number of ether oxygens (including phenoxy) is 2. The van der Waals surface area contributed by atoms with E-state index in [-0.39, 0.29) is 35.2 Å². The van der Waals surface area contributed by atoms with Crippen molar-refractivity contribution >= 4 is 40.1 Å². The molecule has 31 heavy (non-hydrogen) atoms. The number of nitrogens with one attached hydrogen (secondary N) is 1. The van der Waals surface area contributed by atoms with Crippen molar-refractivity contribution in [3.63, 3.8) is 0 Å². The zero-order valence-corrected chi connectivity index (χ0v) is 18.5. The minimum atomic E-state index is -0.712. The lowest BCUT2D eigenvalue weighted by molar-refractivity contribution is -0.119. The van der Waals surface area contributed by atoms with Crippen LogP contribution in [0.1, 0.15) is 48.4 Å². The maximum absolute atomic E-state index is 12.4. The molecule has 0 saturated heterocycles. The molecule has 10 heteroatoms. The maximum atomic E-state index is 12.4. The van der Waals surface area contributed by atoms with Gasteiger partial charge >= 0.3 is 11.9 Å². The predicted octanol–water partition coefficient (Wildman–Crippen LogP) is 2.22. The number of thiophene rings is 1. The first-order chi connectivity index (χ1) is 14.7. The van der Waals surface area contributed by atoms with E-state index in [1.54, 1.807) is 40.1 Å². The van der Waals surface area contributed by atoms with Gasteiger partial charge in [-0.15, -0.1) is 11.3 Å². The Labute approximate surface area is 183 Å². The van der Waals surface area contributed by atoms with E-state index in [1.807, 2.05) is 0 Å². The number of carbonyl (C=O) groups is 4. The molecule has 166 valence electrons. The molecule has 1 aromatic heterocycles. The van der Waals surface area contributed by atoms with Crippen LogP contribution in [0.15, 0.2) is 24.3 Å². The van der Waals surface area contributed by atoms with Crippen molar-refractivity contribution in [2.75, 3.05) is 32.6 Å². The van der Waals surface area contributed by atoms with Crippen molar-refractivity contribution in [2.45, 2.75) is 20.5 Å². The predicted molar refractivity (Wildman–Crippen MR) is 114 cm³/mol. The average Bonchev–Trinajstić information content (AvgIpc) is 3.07. The molecule has 0 spiro atoms. The minimum Gasteiger partial charge on any atom is -0.462 e. The van der Waals surface area contributed by atoms with E-state index in [2.05, 4.69) is 5.32 Å². The molecule has 0 unspecified atom stereocenters. The molecule has 1 aromatic carbocycles. The molecule has 0 saturated carbocycles. The quantitative estimate of drug-likeness (QED) is 0.594. The highest BCUT2D eigenvalue weighted by Gasteiger charge is 2.27. The van der Waals surface area contributed by atoms with Gasteiger partial charge in [0.15, 0.2) is 6.61 Å². The van der Waals surface area contributed by atoms with Gasteiger partial charge in [0.2, 0.25) is 0 Å². The summed E-state index contributed by atoms with van der Waals surface area (Å²) in [5, 5.41) is 11.7. The van der Waals surface area contributed by atoms with E-state index in [0.29, 0.717) is 16.0 Å². The van der Waals surface area contributed by atoms with E-state index in [0.717, 1.165) is 11.3 Å². The van der Waals surface area contributed by atoms with Crippen LogP contribution >= 0.6 is 11.3 Å². The van der Waals surface area contributed by atoms with E-state index in [4.69, 9.17) is 14.6 Å². The third-order valence-corrected chi connectivity index (χ3v) is 5.38. The summed E-state index contributed by atoms with van der Waals surface area (Å²) in [5.41, 5.74) is 1.36. The van der Waals surface area contributed by atoms with E-state index >= 15 is 0 Å². The lowest BCUT2D eigenvalue weighted by atomic mass is 10.1. The summed E-state index contributed by atoms with van der Waals surface area (Å²) in [6, 6.07) is 6.10. The summed E-state index contributed by atoms with van der Waals surface area (Å²) in [7, 11) is 3.16. The number of hydrogen-bond acceptors (Lipinski definition) is 8. The van der Waals surface area contributed by atoms with Gasteiger partial charge in [-0.2, -0.15) is 0 Å². The summed E-state index contributed by atoms with van der Waals surface area (Å²) < 4.78 is 10.1. The number of rotatable bonds is 8. The van der Waals surface area contributed by atoms with Gasteiger partial charge in [-0.05, 0) is 37.1 Å². The fourth-order valence-corrected chi connectivity index (χ4v) is 3.81. The number of aliphatic hydroxyl groups excluding tert-OH is 1. The number of anilines is 1. The zero-order valence-electron chi connectivity index (χ0n) is 17.7. The molecule has 2 N–H and O–H groups in total. The highest BCUT2D eigenvalue weighted by Crippen LogP contribution is 2.34. The Bertz CT molecular complexity index is 980. The first-order valence-electron chi connectivity index (χ1n) is 9.38. The monoisotopic (exact) mass is 448 g/mol. The van der Waals surface area contributed by atoms with Gasteiger partial charge in [0, 0.05) is 14.1 Å². The Morgan fingerprint density at radius 2 is 1.71 bits per heavy atom. The number of aliphatic hydroxyl groups is 1. The van der Waals surface area contributed by atoms with Crippen LogP contribution in [-0.2, 0) is 20.9 Å². The van der Waals surface area contributed by atoms with Crippen molar-refractivity contribution in [2.24, 2.45) is 0 Å². The van der Waals surface area contributed by atoms with Crippen molar-refractivity contribution in [1.82, 2.24) is 4.90 Å². The second-order valence-electron chi connectivity index (χ2n) is 6.66. The molecular weight excluding hydrogens is 424 g/mol. The molecule has 1 heterocycles. The van der Waals surface area contributed by atoms with Gasteiger partial charge in [-0.3, -0.25) is 9.59 Å². The van der Waals surface area contributed by atoms with Crippen molar-refractivity contribution < 1.29 is 33.8 Å². The van der Waals surface area contributed by atoms with Crippen LogP contribution in [0.2, 0.25) is 0 Å². The fourth-order valence-electron chi connectivity index (χ4n) is 2.58. The molecule has 2 amide bonds. The number of nitrogens with zero attached hydrogens (tertiary/aromatic N) is 1. The number of esters is 2. The lowest BCUT2D eigenvalue weighted by Gasteiger charge is -2.09. The van der Waals surface area contributed by atoms with E-state index in [1.165, 1.54) is 17.0 Å². The molecule has 0 radical (unpaired) electrons. The third kappa shape index (κ3) is 5.89. The average molecular weight is 448 g/mol. The van der Waals surface area contributed by atoms with Gasteiger partial charge in [0.05, 0.1) is 29.2 Å². The minimum absolute atomic E-state index is 0.0938. The van der Waals surface area contributed by atoms with E-state index in [9.17, 15) is 19.2 Å². The third-order valence-electron chi connectivity index (χ3n) is 4.19. The molecule has 2 aromatic rings. The van der Waals surface area contributed by atoms with Gasteiger partial charge in [-0.1, -0.05) is 12.1 Å². The van der Waals surface area contributed by atoms with Gasteiger partial charge in [0.25, 0.3) is 11.8 Å². The molecule has 0 aliphatic rings. The Morgan fingerprint density at radius 1 is 1.06 bits per heavy atom. The number of hydrogen-bond donors (Lipinski definition) is 2. The first kappa shape index (κ1) is 24.0.